The number of fused-ring (bicyclic) bond motifs is 1. The van der Waals surface area contributed by atoms with Crippen LogP contribution in [0, 0.1) is 12.8 Å². The maximum absolute atomic E-state index is 12.3. The zero-order valence-corrected chi connectivity index (χ0v) is 17.8. The quantitative estimate of drug-likeness (QED) is 0.645. The third-order valence-corrected chi connectivity index (χ3v) is 6.29. The van der Waals surface area contributed by atoms with Crippen LogP contribution in [0.1, 0.15) is 36.5 Å². The molecule has 2 amide bonds. The third-order valence-electron chi connectivity index (χ3n) is 6.29. The Bertz CT molecular complexity index is 842. The van der Waals surface area contributed by atoms with Crippen LogP contribution in [0.15, 0.2) is 34.9 Å². The fraction of sp³-hybridized carbons (Fsp3) is 0.591. The molecule has 1 saturated carbocycles. The Hall–Kier alpha value is -2.45. The molecule has 2 heterocycles. The van der Waals surface area contributed by atoms with Crippen molar-refractivity contribution in [2.75, 3.05) is 33.4 Å². The number of aryl methyl sites for hydroxylation is 1. The topological polar surface area (TPSA) is 92.5 Å². The summed E-state index contributed by atoms with van der Waals surface area (Å²) in [6.07, 6.45) is 2.53. The van der Waals surface area contributed by atoms with Gasteiger partial charge in [-0.05, 0) is 37.7 Å². The minimum atomic E-state index is -0.204. The van der Waals surface area contributed by atoms with Crippen molar-refractivity contribution in [2.24, 2.45) is 5.92 Å². The number of hydrogen-bond donors (Lipinski definition) is 2. The standard InChI is InChI=1S/C22H31N5O3/c1-16-24-20(30-26-16)22-12-19(25-21(28)23-9-6-10-29-2)11-18(22)14-27(15-22)13-17-7-4-3-5-8-17/h3-5,7-8,18-19H,6,9-15H2,1-2H3,(H2,23,25,28)/t18-,19+,22-/m0/s1. The van der Waals surface area contributed by atoms with Crippen molar-refractivity contribution in [3.05, 3.63) is 47.6 Å². The smallest absolute Gasteiger partial charge is 0.315 e. The Balaban J connectivity index is 1.42. The van der Waals surface area contributed by atoms with Crippen LogP contribution in [0.25, 0.3) is 0 Å². The molecule has 162 valence electrons. The summed E-state index contributed by atoms with van der Waals surface area (Å²) < 4.78 is 10.7. The molecule has 1 aliphatic heterocycles. The number of ether oxygens (including phenoxy) is 1. The molecule has 0 bridgehead atoms. The first kappa shape index (κ1) is 20.8. The van der Waals surface area contributed by atoms with E-state index in [4.69, 9.17) is 9.26 Å². The van der Waals surface area contributed by atoms with E-state index in [1.54, 1.807) is 7.11 Å². The summed E-state index contributed by atoms with van der Waals surface area (Å²) in [6.45, 7) is 5.83. The maximum atomic E-state index is 12.3. The number of amides is 2. The van der Waals surface area contributed by atoms with Crippen molar-refractivity contribution >= 4 is 6.03 Å². The summed E-state index contributed by atoms with van der Waals surface area (Å²) in [6, 6.07) is 10.5. The number of urea groups is 1. The van der Waals surface area contributed by atoms with E-state index in [0.717, 1.165) is 38.9 Å². The van der Waals surface area contributed by atoms with Gasteiger partial charge in [-0.2, -0.15) is 4.98 Å². The lowest BCUT2D eigenvalue weighted by Gasteiger charge is -2.25. The molecule has 4 rings (SSSR count). The Labute approximate surface area is 177 Å². The summed E-state index contributed by atoms with van der Waals surface area (Å²) in [4.78, 5) is 19.4. The molecular formula is C22H31N5O3. The second-order valence-corrected chi connectivity index (χ2v) is 8.54. The number of nitrogens with one attached hydrogen (secondary N) is 2. The molecule has 30 heavy (non-hydrogen) atoms. The third kappa shape index (κ3) is 4.49. The molecule has 1 aromatic heterocycles. The molecule has 8 nitrogen and oxygen atoms in total. The highest BCUT2D eigenvalue weighted by Gasteiger charge is 2.57. The van der Waals surface area contributed by atoms with Gasteiger partial charge in [-0.25, -0.2) is 4.79 Å². The van der Waals surface area contributed by atoms with E-state index >= 15 is 0 Å². The van der Waals surface area contributed by atoms with Crippen LogP contribution in [0.2, 0.25) is 0 Å². The number of methoxy groups -OCH3 is 1. The average molecular weight is 414 g/mol. The van der Waals surface area contributed by atoms with Crippen molar-refractivity contribution in [1.82, 2.24) is 25.7 Å². The van der Waals surface area contributed by atoms with Crippen LogP contribution in [0.5, 0.6) is 0 Å². The van der Waals surface area contributed by atoms with E-state index in [2.05, 4.69) is 49.9 Å². The summed E-state index contributed by atoms with van der Waals surface area (Å²) in [5, 5.41) is 10.1. The first-order valence-electron chi connectivity index (χ1n) is 10.7. The van der Waals surface area contributed by atoms with Gasteiger partial charge in [-0.1, -0.05) is 35.5 Å². The highest BCUT2D eigenvalue weighted by atomic mass is 16.5. The molecule has 0 spiro atoms. The Morgan fingerprint density at radius 3 is 2.93 bits per heavy atom. The molecular weight excluding hydrogens is 382 g/mol. The van der Waals surface area contributed by atoms with Crippen LogP contribution in [0.3, 0.4) is 0 Å². The van der Waals surface area contributed by atoms with Gasteiger partial charge in [0.15, 0.2) is 5.82 Å². The van der Waals surface area contributed by atoms with E-state index in [9.17, 15) is 4.79 Å². The summed E-state index contributed by atoms with van der Waals surface area (Å²) in [5.41, 5.74) is 1.10. The van der Waals surface area contributed by atoms with Gasteiger partial charge in [0.1, 0.15) is 0 Å². The zero-order chi connectivity index (χ0) is 21.0. The minimum absolute atomic E-state index is 0.100. The molecule has 0 unspecified atom stereocenters. The summed E-state index contributed by atoms with van der Waals surface area (Å²) >= 11 is 0. The normalized spacial score (nSPS) is 25.9. The number of benzene rings is 1. The first-order valence-corrected chi connectivity index (χ1v) is 10.7. The maximum Gasteiger partial charge on any atom is 0.315 e. The largest absolute Gasteiger partial charge is 0.385 e. The highest BCUT2D eigenvalue weighted by Crippen LogP contribution is 2.50. The minimum Gasteiger partial charge on any atom is -0.385 e. The van der Waals surface area contributed by atoms with E-state index in [-0.39, 0.29) is 17.5 Å². The van der Waals surface area contributed by atoms with Crippen molar-refractivity contribution in [1.29, 1.82) is 0 Å². The average Bonchev–Trinajstić information content (AvgIpc) is 3.39. The molecule has 2 aromatic rings. The number of carbonyl (C=O) groups is 1. The van der Waals surface area contributed by atoms with Crippen LogP contribution >= 0.6 is 0 Å². The lowest BCUT2D eigenvalue weighted by molar-refractivity contribution is 0.193. The molecule has 2 N–H and O–H groups in total. The second kappa shape index (κ2) is 9.14. The Morgan fingerprint density at radius 1 is 1.37 bits per heavy atom. The van der Waals surface area contributed by atoms with Crippen LogP contribution < -0.4 is 10.6 Å². The van der Waals surface area contributed by atoms with Crippen molar-refractivity contribution in [3.63, 3.8) is 0 Å². The predicted octanol–water partition coefficient (Wildman–Crippen LogP) is 2.25. The van der Waals surface area contributed by atoms with Gasteiger partial charge >= 0.3 is 6.03 Å². The van der Waals surface area contributed by atoms with E-state index < -0.39 is 0 Å². The molecule has 0 radical (unpaired) electrons. The monoisotopic (exact) mass is 413 g/mol. The molecule has 1 aromatic carbocycles. The van der Waals surface area contributed by atoms with Gasteiger partial charge in [-0.15, -0.1) is 0 Å². The number of hydrogen-bond acceptors (Lipinski definition) is 6. The van der Waals surface area contributed by atoms with Crippen LogP contribution in [-0.2, 0) is 16.7 Å². The number of carbonyl (C=O) groups excluding carboxylic acids is 1. The van der Waals surface area contributed by atoms with E-state index in [1.165, 1.54) is 5.56 Å². The van der Waals surface area contributed by atoms with Crippen molar-refractivity contribution in [3.8, 4) is 0 Å². The van der Waals surface area contributed by atoms with Crippen molar-refractivity contribution in [2.45, 2.75) is 44.2 Å². The molecule has 8 heteroatoms. The number of likely N-dealkylation sites (tertiary alicyclic amines) is 1. The molecule has 2 fully saturated rings. The second-order valence-electron chi connectivity index (χ2n) is 8.54. The van der Waals surface area contributed by atoms with Gasteiger partial charge in [-0.3, -0.25) is 4.90 Å². The van der Waals surface area contributed by atoms with Gasteiger partial charge in [0.05, 0.1) is 5.41 Å². The zero-order valence-electron chi connectivity index (χ0n) is 17.8. The summed E-state index contributed by atoms with van der Waals surface area (Å²) in [5.74, 6) is 1.75. The molecule has 1 aliphatic carbocycles. The van der Waals surface area contributed by atoms with Crippen molar-refractivity contribution < 1.29 is 14.1 Å². The summed E-state index contributed by atoms with van der Waals surface area (Å²) in [7, 11) is 1.66. The Kier molecular flexibility index (Phi) is 6.34. The fourth-order valence-electron chi connectivity index (χ4n) is 5.03. The van der Waals surface area contributed by atoms with Gasteiger partial charge in [0.2, 0.25) is 5.89 Å². The van der Waals surface area contributed by atoms with E-state index in [1.807, 2.05) is 13.0 Å². The van der Waals surface area contributed by atoms with Gasteiger partial charge < -0.3 is 19.9 Å². The fourth-order valence-corrected chi connectivity index (χ4v) is 5.03. The number of rotatable bonds is 8. The molecule has 2 aliphatic rings. The first-order chi connectivity index (χ1) is 14.6. The lowest BCUT2D eigenvalue weighted by atomic mass is 9.80. The number of aromatic nitrogens is 2. The molecule has 1 saturated heterocycles. The predicted molar refractivity (Wildman–Crippen MR) is 112 cm³/mol. The van der Waals surface area contributed by atoms with Gasteiger partial charge in [0.25, 0.3) is 0 Å². The van der Waals surface area contributed by atoms with Crippen LogP contribution in [-0.4, -0.2) is 60.5 Å². The SMILES string of the molecule is COCCCNC(=O)N[C@@H]1C[C@H]2CN(Cc3ccccc3)C[C@@]2(c2nc(C)no2)C1. The molecule has 3 atom stereocenters. The van der Waals surface area contributed by atoms with Crippen LogP contribution in [0.4, 0.5) is 4.79 Å². The number of nitrogens with zero attached hydrogens (tertiary/aromatic N) is 3. The lowest BCUT2D eigenvalue weighted by Crippen LogP contribution is -2.43. The Morgan fingerprint density at radius 2 is 2.20 bits per heavy atom. The van der Waals surface area contributed by atoms with E-state index in [0.29, 0.717) is 30.8 Å². The highest BCUT2D eigenvalue weighted by molar-refractivity contribution is 5.74. The van der Waals surface area contributed by atoms with Gasteiger partial charge in [0, 0.05) is 45.9 Å².